The van der Waals surface area contributed by atoms with Crippen LogP contribution >= 0.6 is 0 Å². The quantitative estimate of drug-likeness (QED) is 0.512. The molecular formula is C25H26F3N5O. The maximum atomic E-state index is 13.8. The molecule has 6 nitrogen and oxygen atoms in total. The number of ketones is 1. The molecule has 178 valence electrons. The molecule has 1 saturated heterocycles. The van der Waals surface area contributed by atoms with Gasteiger partial charge < -0.3 is 16.0 Å². The summed E-state index contributed by atoms with van der Waals surface area (Å²) >= 11 is 0. The Morgan fingerprint density at radius 1 is 1.12 bits per heavy atom. The van der Waals surface area contributed by atoms with Crippen molar-refractivity contribution >= 4 is 17.4 Å². The van der Waals surface area contributed by atoms with Crippen molar-refractivity contribution in [3.05, 3.63) is 83.2 Å². The second-order valence-electron chi connectivity index (χ2n) is 8.35. The molecule has 4 rings (SSSR count). The lowest BCUT2D eigenvalue weighted by molar-refractivity contribution is -0.138. The van der Waals surface area contributed by atoms with Gasteiger partial charge in [0.15, 0.2) is 0 Å². The first kappa shape index (κ1) is 23.7. The Kier molecular flexibility index (Phi) is 6.83. The van der Waals surface area contributed by atoms with E-state index in [-0.39, 0.29) is 23.5 Å². The highest BCUT2D eigenvalue weighted by atomic mass is 19.4. The van der Waals surface area contributed by atoms with Crippen LogP contribution in [0, 0.1) is 0 Å². The van der Waals surface area contributed by atoms with Gasteiger partial charge in [-0.15, -0.1) is 0 Å². The van der Waals surface area contributed by atoms with E-state index in [9.17, 15) is 18.0 Å². The number of hydrogen-bond donors (Lipinski definition) is 2. The molecule has 1 aromatic carbocycles. The van der Waals surface area contributed by atoms with E-state index >= 15 is 0 Å². The van der Waals surface area contributed by atoms with Gasteiger partial charge in [0.2, 0.25) is 5.78 Å². The van der Waals surface area contributed by atoms with Crippen molar-refractivity contribution in [2.75, 3.05) is 23.7 Å². The number of benzene rings is 1. The number of piperazine rings is 1. The summed E-state index contributed by atoms with van der Waals surface area (Å²) in [6.07, 6.45) is -1.51. The molecular weight excluding hydrogens is 443 g/mol. The SMILES string of the molecule is CCC[C@@H]1CN(c2ccc(C(F)(F)F)c(C(=O)c3cccnc3N)n2)C[C@@H](c2ccccc2)N1. The third kappa shape index (κ3) is 5.04. The van der Waals surface area contributed by atoms with Crippen LogP contribution in [0.3, 0.4) is 0 Å². The molecule has 0 saturated carbocycles. The topological polar surface area (TPSA) is 84.1 Å². The largest absolute Gasteiger partial charge is 0.418 e. The molecule has 1 aliphatic heterocycles. The van der Waals surface area contributed by atoms with Crippen molar-refractivity contribution in [3.63, 3.8) is 0 Å². The predicted molar refractivity (Wildman–Crippen MR) is 125 cm³/mol. The van der Waals surface area contributed by atoms with Gasteiger partial charge in [0.1, 0.15) is 17.3 Å². The number of anilines is 2. The molecule has 2 atom stereocenters. The normalized spacial score (nSPS) is 18.6. The van der Waals surface area contributed by atoms with Gasteiger partial charge in [0, 0.05) is 25.3 Å². The van der Waals surface area contributed by atoms with E-state index in [2.05, 4.69) is 22.2 Å². The number of nitrogens with one attached hydrogen (secondary N) is 1. The van der Waals surface area contributed by atoms with Crippen LogP contribution in [-0.2, 0) is 6.18 Å². The smallest absolute Gasteiger partial charge is 0.383 e. The molecule has 34 heavy (non-hydrogen) atoms. The summed E-state index contributed by atoms with van der Waals surface area (Å²) in [7, 11) is 0. The maximum Gasteiger partial charge on any atom is 0.418 e. The first-order valence-corrected chi connectivity index (χ1v) is 11.2. The van der Waals surface area contributed by atoms with Gasteiger partial charge in [-0.1, -0.05) is 43.7 Å². The number of hydrogen-bond acceptors (Lipinski definition) is 6. The monoisotopic (exact) mass is 469 g/mol. The molecule has 0 aliphatic carbocycles. The molecule has 0 radical (unpaired) electrons. The van der Waals surface area contributed by atoms with E-state index in [4.69, 9.17) is 5.73 Å². The van der Waals surface area contributed by atoms with Gasteiger partial charge in [-0.2, -0.15) is 13.2 Å². The summed E-state index contributed by atoms with van der Waals surface area (Å²) in [6.45, 7) is 3.16. The number of nitrogens with two attached hydrogens (primary N) is 1. The van der Waals surface area contributed by atoms with Crippen molar-refractivity contribution in [3.8, 4) is 0 Å². The fourth-order valence-electron chi connectivity index (χ4n) is 4.31. The van der Waals surface area contributed by atoms with Gasteiger partial charge in [-0.05, 0) is 36.2 Å². The molecule has 0 unspecified atom stereocenters. The Morgan fingerprint density at radius 3 is 2.56 bits per heavy atom. The van der Waals surface area contributed by atoms with Crippen LogP contribution < -0.4 is 16.0 Å². The number of nitrogens with zero attached hydrogens (tertiary/aromatic N) is 3. The van der Waals surface area contributed by atoms with E-state index < -0.39 is 23.2 Å². The number of rotatable bonds is 6. The number of aromatic nitrogens is 2. The molecule has 3 aromatic rings. The van der Waals surface area contributed by atoms with Gasteiger partial charge >= 0.3 is 6.18 Å². The number of carbonyl (C=O) groups is 1. The fourth-order valence-corrected chi connectivity index (χ4v) is 4.31. The fraction of sp³-hybridized carbons (Fsp3) is 0.320. The molecule has 3 N–H and O–H groups in total. The van der Waals surface area contributed by atoms with Crippen LogP contribution in [0.25, 0.3) is 0 Å². The van der Waals surface area contributed by atoms with Crippen LogP contribution in [-0.4, -0.2) is 34.9 Å². The molecule has 1 aliphatic rings. The first-order chi connectivity index (χ1) is 16.3. The highest BCUT2D eigenvalue weighted by Crippen LogP contribution is 2.35. The summed E-state index contributed by atoms with van der Waals surface area (Å²) in [5, 5.41) is 3.64. The number of nitrogen functional groups attached to an aromatic ring is 1. The summed E-state index contributed by atoms with van der Waals surface area (Å²) in [5.74, 6) is -0.718. The van der Waals surface area contributed by atoms with E-state index in [1.165, 1.54) is 24.4 Å². The van der Waals surface area contributed by atoms with Crippen molar-refractivity contribution in [2.24, 2.45) is 0 Å². The molecule has 0 amide bonds. The zero-order valence-corrected chi connectivity index (χ0v) is 18.7. The second-order valence-corrected chi connectivity index (χ2v) is 8.35. The van der Waals surface area contributed by atoms with E-state index in [0.717, 1.165) is 24.5 Å². The van der Waals surface area contributed by atoms with Gasteiger partial charge in [-0.25, -0.2) is 9.97 Å². The van der Waals surface area contributed by atoms with E-state index in [0.29, 0.717) is 18.9 Å². The molecule has 3 heterocycles. The molecule has 0 spiro atoms. The number of alkyl halides is 3. The van der Waals surface area contributed by atoms with Crippen molar-refractivity contribution < 1.29 is 18.0 Å². The Morgan fingerprint density at radius 2 is 1.88 bits per heavy atom. The van der Waals surface area contributed by atoms with E-state index in [1.807, 2.05) is 35.2 Å². The van der Waals surface area contributed by atoms with Crippen LogP contribution in [0.4, 0.5) is 24.8 Å². The maximum absolute atomic E-state index is 13.8. The van der Waals surface area contributed by atoms with Crippen molar-refractivity contribution in [1.82, 2.24) is 15.3 Å². The van der Waals surface area contributed by atoms with Crippen LogP contribution in [0.15, 0.2) is 60.8 Å². The van der Waals surface area contributed by atoms with Crippen LogP contribution in [0.1, 0.15) is 53.0 Å². The lowest BCUT2D eigenvalue weighted by atomic mass is 9.99. The Bertz CT molecular complexity index is 1150. The minimum Gasteiger partial charge on any atom is -0.383 e. The summed E-state index contributed by atoms with van der Waals surface area (Å²) < 4.78 is 41.3. The Balaban J connectivity index is 1.74. The van der Waals surface area contributed by atoms with Gasteiger partial charge in [0.25, 0.3) is 0 Å². The Labute approximate surface area is 196 Å². The second kappa shape index (κ2) is 9.80. The molecule has 0 bridgehead atoms. The highest BCUT2D eigenvalue weighted by Gasteiger charge is 2.38. The average molecular weight is 470 g/mol. The minimum atomic E-state index is -4.74. The Hall–Kier alpha value is -3.46. The third-order valence-electron chi connectivity index (χ3n) is 5.93. The zero-order chi connectivity index (χ0) is 24.3. The van der Waals surface area contributed by atoms with Gasteiger partial charge in [0.05, 0.1) is 17.2 Å². The highest BCUT2D eigenvalue weighted by molar-refractivity contribution is 6.11. The summed E-state index contributed by atoms with van der Waals surface area (Å²) in [4.78, 5) is 23.1. The summed E-state index contributed by atoms with van der Waals surface area (Å²) in [5.41, 5.74) is 4.98. The third-order valence-corrected chi connectivity index (χ3v) is 5.93. The van der Waals surface area contributed by atoms with Crippen LogP contribution in [0.5, 0.6) is 0 Å². The lowest BCUT2D eigenvalue weighted by Gasteiger charge is -2.40. The molecule has 2 aromatic heterocycles. The van der Waals surface area contributed by atoms with Crippen molar-refractivity contribution in [1.29, 1.82) is 0 Å². The van der Waals surface area contributed by atoms with Crippen molar-refractivity contribution in [2.45, 2.75) is 38.0 Å². The minimum absolute atomic E-state index is 0.0243. The number of carbonyl (C=O) groups excluding carboxylic acids is 1. The first-order valence-electron chi connectivity index (χ1n) is 11.2. The van der Waals surface area contributed by atoms with Crippen LogP contribution in [0.2, 0.25) is 0 Å². The average Bonchev–Trinajstić information content (AvgIpc) is 2.83. The summed E-state index contributed by atoms with van der Waals surface area (Å²) in [6, 6.07) is 15.1. The molecule has 9 heteroatoms. The van der Waals surface area contributed by atoms with Gasteiger partial charge in [-0.3, -0.25) is 4.79 Å². The molecule has 1 fully saturated rings. The number of pyridine rings is 2. The number of halogens is 3. The predicted octanol–water partition coefficient (Wildman–Crippen LogP) is 4.63. The van der Waals surface area contributed by atoms with E-state index in [1.54, 1.807) is 0 Å². The lowest BCUT2D eigenvalue weighted by Crippen LogP contribution is -2.52. The standard InChI is InChI=1S/C25H26F3N5O/c1-2-7-17-14-33(15-20(31-17)16-8-4-3-5-9-16)21-12-11-19(25(26,27)28)22(32-21)23(34)18-10-6-13-30-24(18)29/h3-6,8-13,17,20,31H,2,7,14-15H2,1H3,(H2,29,30)/t17-,20+/m1/s1. The zero-order valence-electron chi connectivity index (χ0n) is 18.7.